The van der Waals surface area contributed by atoms with Crippen molar-refractivity contribution in [1.29, 1.82) is 0 Å². The molecule has 6 nitrogen and oxygen atoms in total. The molecular formula is C22H23N3O3. The molecule has 0 amide bonds. The highest BCUT2D eigenvalue weighted by molar-refractivity contribution is 5.76. The van der Waals surface area contributed by atoms with E-state index in [9.17, 15) is 9.90 Å². The van der Waals surface area contributed by atoms with Crippen LogP contribution in [0, 0.1) is 31.6 Å². The van der Waals surface area contributed by atoms with Crippen LogP contribution in [0.5, 0.6) is 5.88 Å². The summed E-state index contributed by atoms with van der Waals surface area (Å²) < 4.78 is 6.94. The summed E-state index contributed by atoms with van der Waals surface area (Å²) in [5, 5.41) is 11.1. The summed E-state index contributed by atoms with van der Waals surface area (Å²) in [7, 11) is 0. The standard InChI is InChI=1S/C22H23N3O3/c1-7-17-24-19-18(20(26)25(17)15-10-8-13(2)9-11-15)16(14(3)23-19)12-28-21(27)22(4,5)6/h1,8-11,26H,12H2,2-6H3. The van der Waals surface area contributed by atoms with Crippen molar-refractivity contribution in [2.24, 2.45) is 5.41 Å². The van der Waals surface area contributed by atoms with Gasteiger partial charge in [-0.3, -0.25) is 9.36 Å². The number of fused-ring (bicyclic) bond motifs is 1. The third-order valence-electron chi connectivity index (χ3n) is 4.48. The molecule has 1 aromatic rings. The van der Waals surface area contributed by atoms with Crippen molar-refractivity contribution in [1.82, 2.24) is 14.5 Å². The maximum atomic E-state index is 12.2. The maximum Gasteiger partial charge on any atom is 0.311 e. The average Bonchev–Trinajstić information content (AvgIpc) is 2.95. The summed E-state index contributed by atoms with van der Waals surface area (Å²) in [5.74, 6) is 2.66. The Morgan fingerprint density at radius 2 is 1.86 bits per heavy atom. The molecule has 0 atom stereocenters. The zero-order valence-corrected chi connectivity index (χ0v) is 16.7. The Labute approximate surface area is 164 Å². The Kier molecular flexibility index (Phi) is 4.86. The normalized spacial score (nSPS) is 11.4. The Morgan fingerprint density at radius 3 is 2.43 bits per heavy atom. The zero-order valence-electron chi connectivity index (χ0n) is 16.7. The van der Waals surface area contributed by atoms with Crippen molar-refractivity contribution in [3.63, 3.8) is 0 Å². The van der Waals surface area contributed by atoms with E-state index in [1.807, 2.05) is 31.2 Å². The maximum absolute atomic E-state index is 12.2. The van der Waals surface area contributed by atoms with E-state index in [4.69, 9.17) is 11.2 Å². The minimum atomic E-state index is -0.623. The van der Waals surface area contributed by atoms with Gasteiger partial charge in [-0.2, -0.15) is 0 Å². The molecule has 0 spiro atoms. The second-order valence-electron chi connectivity index (χ2n) is 7.77. The van der Waals surface area contributed by atoms with Gasteiger partial charge in [-0.15, -0.1) is 6.42 Å². The van der Waals surface area contributed by atoms with Crippen LogP contribution in [0.1, 0.15) is 43.4 Å². The number of benzene rings is 1. The molecule has 0 bridgehead atoms. The van der Waals surface area contributed by atoms with Gasteiger partial charge in [0.05, 0.1) is 16.7 Å². The predicted molar refractivity (Wildman–Crippen MR) is 106 cm³/mol. The number of terminal acetylenes is 1. The molecule has 144 valence electrons. The fraction of sp³-hybridized carbons (Fsp3) is 0.318. The molecule has 0 aliphatic carbocycles. The van der Waals surface area contributed by atoms with Gasteiger partial charge in [0.1, 0.15) is 6.61 Å². The van der Waals surface area contributed by atoms with Gasteiger partial charge in [0.15, 0.2) is 11.6 Å². The van der Waals surface area contributed by atoms with Crippen LogP contribution in [0.15, 0.2) is 24.3 Å². The van der Waals surface area contributed by atoms with Crippen LogP contribution in [0.25, 0.3) is 17.1 Å². The summed E-state index contributed by atoms with van der Waals surface area (Å²) in [5.41, 5.74) is 2.82. The van der Waals surface area contributed by atoms with E-state index in [-0.39, 0.29) is 24.3 Å². The van der Waals surface area contributed by atoms with Gasteiger partial charge in [-0.1, -0.05) is 17.7 Å². The Morgan fingerprint density at radius 1 is 1.21 bits per heavy atom. The van der Waals surface area contributed by atoms with E-state index < -0.39 is 5.41 Å². The van der Waals surface area contributed by atoms with Crippen LogP contribution in [-0.4, -0.2) is 25.6 Å². The first-order valence-electron chi connectivity index (χ1n) is 8.95. The fourth-order valence-corrected chi connectivity index (χ4v) is 2.84. The average molecular weight is 377 g/mol. The lowest BCUT2D eigenvalue weighted by atomic mass is 9.97. The number of nitrogens with zero attached hydrogens (tertiary/aromatic N) is 3. The summed E-state index contributed by atoms with van der Waals surface area (Å²) in [6.45, 7) is 9.11. The van der Waals surface area contributed by atoms with Gasteiger partial charge in [-0.25, -0.2) is 9.97 Å². The lowest BCUT2D eigenvalue weighted by Gasteiger charge is -2.18. The number of aromatic nitrogens is 3. The van der Waals surface area contributed by atoms with Crippen LogP contribution >= 0.6 is 0 Å². The highest BCUT2D eigenvalue weighted by atomic mass is 16.5. The Balaban J connectivity index is 2.14. The second kappa shape index (κ2) is 7.01. The Bertz CT molecular complexity index is 1050. The monoisotopic (exact) mass is 377 g/mol. The number of carbonyl (C=O) groups excluding carboxylic acids is 1. The van der Waals surface area contributed by atoms with Gasteiger partial charge in [-0.05, 0) is 52.7 Å². The summed E-state index contributed by atoms with van der Waals surface area (Å²) in [6, 6.07) is 7.55. The smallest absolute Gasteiger partial charge is 0.311 e. The minimum absolute atomic E-state index is 0.00300. The summed E-state index contributed by atoms with van der Waals surface area (Å²) in [4.78, 5) is 21.0. The summed E-state index contributed by atoms with van der Waals surface area (Å²) in [6.07, 6.45) is 5.63. The predicted octanol–water partition coefficient (Wildman–Crippen LogP) is 3.77. The molecule has 6 heteroatoms. The minimum Gasteiger partial charge on any atom is -0.494 e. The van der Waals surface area contributed by atoms with E-state index >= 15 is 0 Å². The van der Waals surface area contributed by atoms with Crippen molar-refractivity contribution in [2.45, 2.75) is 41.2 Å². The lowest BCUT2D eigenvalue weighted by Crippen LogP contribution is -2.22. The SMILES string of the molecule is C#Cc1nc2nc(C)c(COC(=O)C(C)(C)C)c-2c(O)n1-c1ccc(C)cc1. The van der Waals surface area contributed by atoms with Crippen molar-refractivity contribution in [2.75, 3.05) is 0 Å². The molecular weight excluding hydrogens is 354 g/mol. The molecule has 0 unspecified atom stereocenters. The van der Waals surface area contributed by atoms with Crippen LogP contribution in [0.2, 0.25) is 0 Å². The molecule has 28 heavy (non-hydrogen) atoms. The van der Waals surface area contributed by atoms with Crippen LogP contribution in [0.4, 0.5) is 0 Å². The van der Waals surface area contributed by atoms with Crippen LogP contribution < -0.4 is 0 Å². The molecule has 0 aromatic heterocycles. The number of esters is 1. The van der Waals surface area contributed by atoms with Gasteiger partial charge >= 0.3 is 5.97 Å². The van der Waals surface area contributed by atoms with E-state index in [0.717, 1.165) is 5.56 Å². The van der Waals surface area contributed by atoms with Crippen molar-refractivity contribution < 1.29 is 14.6 Å². The first-order valence-corrected chi connectivity index (χ1v) is 8.95. The second-order valence-corrected chi connectivity index (χ2v) is 7.77. The third kappa shape index (κ3) is 3.44. The number of ether oxygens (including phenoxy) is 1. The van der Waals surface area contributed by atoms with Crippen molar-refractivity contribution in [3.05, 3.63) is 46.9 Å². The van der Waals surface area contributed by atoms with Crippen molar-refractivity contribution >= 4 is 5.97 Å². The van der Waals surface area contributed by atoms with Crippen LogP contribution in [0.3, 0.4) is 0 Å². The zero-order chi connectivity index (χ0) is 20.6. The molecule has 0 saturated heterocycles. The lowest BCUT2D eigenvalue weighted by molar-refractivity contribution is -0.154. The number of hydrogen-bond acceptors (Lipinski definition) is 5. The number of aromatic hydroxyl groups is 1. The third-order valence-corrected chi connectivity index (χ3v) is 4.48. The van der Waals surface area contributed by atoms with E-state index in [1.54, 1.807) is 27.7 Å². The molecule has 2 heterocycles. The molecule has 0 radical (unpaired) electrons. The van der Waals surface area contributed by atoms with E-state index in [2.05, 4.69) is 15.9 Å². The molecule has 0 saturated carbocycles. The van der Waals surface area contributed by atoms with Gasteiger partial charge in [0.25, 0.3) is 0 Å². The molecule has 1 N–H and O–H groups in total. The molecule has 1 aromatic carbocycles. The van der Waals surface area contributed by atoms with Gasteiger partial charge in [0, 0.05) is 11.3 Å². The largest absolute Gasteiger partial charge is 0.494 e. The highest BCUT2D eigenvalue weighted by Crippen LogP contribution is 2.37. The first-order chi connectivity index (χ1) is 13.1. The van der Waals surface area contributed by atoms with E-state index in [0.29, 0.717) is 28.3 Å². The number of hydrogen-bond donors (Lipinski definition) is 1. The highest BCUT2D eigenvalue weighted by Gasteiger charge is 2.28. The molecule has 3 rings (SSSR count). The summed E-state index contributed by atoms with van der Waals surface area (Å²) >= 11 is 0. The number of rotatable bonds is 3. The van der Waals surface area contributed by atoms with Crippen molar-refractivity contribution in [3.8, 4) is 35.3 Å². The first kappa shape index (κ1) is 19.4. The van der Waals surface area contributed by atoms with E-state index in [1.165, 1.54) is 4.57 Å². The Hall–Kier alpha value is -3.33. The molecule has 2 aliphatic rings. The molecule has 2 aliphatic heterocycles. The van der Waals surface area contributed by atoms with Gasteiger partial charge < -0.3 is 9.84 Å². The van der Waals surface area contributed by atoms with Crippen LogP contribution in [-0.2, 0) is 16.1 Å². The quantitative estimate of drug-likeness (QED) is 0.555. The number of aryl methyl sites for hydroxylation is 2. The van der Waals surface area contributed by atoms with Gasteiger partial charge in [0.2, 0.25) is 5.88 Å². The topological polar surface area (TPSA) is 77.2 Å². The number of carbonyl (C=O) groups is 1. The fourth-order valence-electron chi connectivity index (χ4n) is 2.84. The molecule has 0 fully saturated rings.